The first-order valence-electron chi connectivity index (χ1n) is 4.41. The Morgan fingerprint density at radius 1 is 1.56 bits per heavy atom. The number of nitrogens with zero attached hydrogens (tertiary/aromatic N) is 4. The fourth-order valence-corrected chi connectivity index (χ4v) is 3.85. The van der Waals surface area contributed by atoms with E-state index in [0.29, 0.717) is 6.54 Å². The highest BCUT2D eigenvalue weighted by Gasteiger charge is 2.27. The normalized spacial score (nSPS) is 12.3. The van der Waals surface area contributed by atoms with E-state index in [1.165, 1.54) is 8.99 Å². The SMILES string of the molecule is CSCCN(C)S(=O)(=O)c1c(Br)nnn1C. The lowest BCUT2D eigenvalue weighted by molar-refractivity contribution is 0.476. The molecule has 0 saturated carbocycles. The predicted octanol–water partition coefficient (Wildman–Crippen LogP) is 0.561. The third-order valence-electron chi connectivity index (χ3n) is 2.00. The summed E-state index contributed by atoms with van der Waals surface area (Å²) in [4.78, 5) is 0. The molecule has 6 nitrogen and oxygen atoms in total. The Morgan fingerprint density at radius 2 is 2.19 bits per heavy atom. The van der Waals surface area contributed by atoms with Crippen molar-refractivity contribution in [3.05, 3.63) is 4.60 Å². The van der Waals surface area contributed by atoms with Crippen LogP contribution < -0.4 is 0 Å². The molecule has 0 saturated heterocycles. The van der Waals surface area contributed by atoms with Crippen molar-refractivity contribution in [3.8, 4) is 0 Å². The molecule has 92 valence electrons. The number of aromatic nitrogens is 3. The lowest BCUT2D eigenvalue weighted by Crippen LogP contribution is -2.30. The van der Waals surface area contributed by atoms with Gasteiger partial charge in [0.25, 0.3) is 10.0 Å². The third-order valence-corrected chi connectivity index (χ3v) is 5.34. The Labute approximate surface area is 108 Å². The van der Waals surface area contributed by atoms with E-state index in [1.807, 2.05) is 6.26 Å². The van der Waals surface area contributed by atoms with Crippen molar-refractivity contribution >= 4 is 37.7 Å². The summed E-state index contributed by atoms with van der Waals surface area (Å²) in [5, 5.41) is 7.40. The summed E-state index contributed by atoms with van der Waals surface area (Å²) in [6.07, 6.45) is 1.93. The van der Waals surface area contributed by atoms with Crippen molar-refractivity contribution in [1.29, 1.82) is 0 Å². The zero-order chi connectivity index (χ0) is 12.3. The van der Waals surface area contributed by atoms with Gasteiger partial charge in [0.2, 0.25) is 5.03 Å². The largest absolute Gasteiger partial charge is 0.262 e. The topological polar surface area (TPSA) is 68.1 Å². The van der Waals surface area contributed by atoms with Crippen LogP contribution in [-0.4, -0.2) is 53.3 Å². The highest BCUT2D eigenvalue weighted by Crippen LogP contribution is 2.21. The quantitative estimate of drug-likeness (QED) is 0.790. The van der Waals surface area contributed by atoms with Crippen LogP contribution in [-0.2, 0) is 17.1 Å². The Kier molecular flexibility index (Phi) is 4.77. The summed E-state index contributed by atoms with van der Waals surface area (Å²) >= 11 is 4.68. The van der Waals surface area contributed by atoms with E-state index in [9.17, 15) is 8.42 Å². The van der Waals surface area contributed by atoms with Crippen LogP contribution >= 0.6 is 27.7 Å². The van der Waals surface area contributed by atoms with E-state index >= 15 is 0 Å². The van der Waals surface area contributed by atoms with Gasteiger partial charge < -0.3 is 0 Å². The van der Waals surface area contributed by atoms with E-state index < -0.39 is 10.0 Å². The van der Waals surface area contributed by atoms with Gasteiger partial charge in [0.15, 0.2) is 4.60 Å². The van der Waals surface area contributed by atoms with Gasteiger partial charge in [0, 0.05) is 26.4 Å². The minimum atomic E-state index is -3.52. The molecule has 1 aromatic rings. The van der Waals surface area contributed by atoms with Gasteiger partial charge in [0.1, 0.15) is 0 Å². The molecule has 0 radical (unpaired) electrons. The van der Waals surface area contributed by atoms with Crippen molar-refractivity contribution in [2.45, 2.75) is 5.03 Å². The highest BCUT2D eigenvalue weighted by atomic mass is 79.9. The summed E-state index contributed by atoms with van der Waals surface area (Å²) in [6.45, 7) is 0.459. The number of rotatable bonds is 5. The summed E-state index contributed by atoms with van der Waals surface area (Å²) in [6, 6.07) is 0. The molecule has 0 atom stereocenters. The fraction of sp³-hybridized carbons (Fsp3) is 0.714. The number of aryl methyl sites for hydroxylation is 1. The van der Waals surface area contributed by atoms with Gasteiger partial charge in [-0.25, -0.2) is 13.1 Å². The van der Waals surface area contributed by atoms with Crippen LogP contribution in [0, 0.1) is 0 Å². The Bertz CT molecular complexity index is 439. The average Bonchev–Trinajstić information content (AvgIpc) is 2.55. The third kappa shape index (κ3) is 2.76. The maximum absolute atomic E-state index is 12.1. The minimum Gasteiger partial charge on any atom is -0.235 e. The number of halogens is 1. The lowest BCUT2D eigenvalue weighted by atomic mass is 10.8. The van der Waals surface area contributed by atoms with Gasteiger partial charge in [-0.15, -0.1) is 5.10 Å². The molecule has 9 heteroatoms. The molecule has 0 aliphatic carbocycles. The van der Waals surface area contributed by atoms with Crippen LogP contribution in [0.1, 0.15) is 0 Å². The Morgan fingerprint density at radius 3 is 2.62 bits per heavy atom. The molecule has 0 fully saturated rings. The number of hydrogen-bond acceptors (Lipinski definition) is 5. The standard InChI is InChI=1S/C7H13BrN4O2S2/c1-11(4-5-15-3)16(13,14)7-6(8)9-10-12(7)2/h4-5H2,1-3H3. The van der Waals surface area contributed by atoms with Crippen LogP contribution in [0.2, 0.25) is 0 Å². The van der Waals surface area contributed by atoms with E-state index in [1.54, 1.807) is 25.9 Å². The molecule has 0 aliphatic rings. The Hall–Kier alpha value is -0.120. The molecule has 1 rings (SSSR count). The maximum Gasteiger partial charge on any atom is 0.262 e. The predicted molar refractivity (Wildman–Crippen MR) is 66.9 cm³/mol. The van der Waals surface area contributed by atoms with E-state index in [2.05, 4.69) is 26.2 Å². The molecule has 0 amide bonds. The van der Waals surface area contributed by atoms with Crippen LogP contribution in [0.3, 0.4) is 0 Å². The number of thioether (sulfide) groups is 1. The molecule has 16 heavy (non-hydrogen) atoms. The molecule has 1 heterocycles. The van der Waals surface area contributed by atoms with Crippen molar-refractivity contribution in [2.24, 2.45) is 7.05 Å². The molecular formula is C7H13BrN4O2S2. The first-order chi connectivity index (χ1) is 7.41. The Balaban J connectivity index is 3.02. The average molecular weight is 329 g/mol. The first-order valence-corrected chi connectivity index (χ1v) is 8.04. The molecule has 0 aromatic carbocycles. The number of sulfonamides is 1. The van der Waals surface area contributed by atoms with Gasteiger partial charge in [-0.05, 0) is 22.2 Å². The molecule has 0 aliphatic heterocycles. The fourth-order valence-electron chi connectivity index (χ4n) is 1.08. The van der Waals surface area contributed by atoms with E-state index in [4.69, 9.17) is 0 Å². The zero-order valence-electron chi connectivity index (χ0n) is 9.21. The van der Waals surface area contributed by atoms with E-state index in [-0.39, 0.29) is 9.63 Å². The monoisotopic (exact) mass is 328 g/mol. The second kappa shape index (κ2) is 5.48. The zero-order valence-corrected chi connectivity index (χ0v) is 12.4. The van der Waals surface area contributed by atoms with Crippen molar-refractivity contribution in [2.75, 3.05) is 25.6 Å². The molecule has 0 N–H and O–H groups in total. The second-order valence-electron chi connectivity index (χ2n) is 3.13. The number of hydrogen-bond donors (Lipinski definition) is 0. The molecule has 0 unspecified atom stereocenters. The van der Waals surface area contributed by atoms with Crippen LogP contribution in [0.4, 0.5) is 0 Å². The van der Waals surface area contributed by atoms with Crippen molar-refractivity contribution < 1.29 is 8.42 Å². The molecule has 1 aromatic heterocycles. The van der Waals surface area contributed by atoms with Crippen molar-refractivity contribution in [3.63, 3.8) is 0 Å². The second-order valence-corrected chi connectivity index (χ2v) is 6.83. The van der Waals surface area contributed by atoms with Crippen LogP contribution in [0.5, 0.6) is 0 Å². The lowest BCUT2D eigenvalue weighted by Gasteiger charge is -2.16. The minimum absolute atomic E-state index is 0.0797. The van der Waals surface area contributed by atoms with Gasteiger partial charge >= 0.3 is 0 Å². The summed E-state index contributed by atoms with van der Waals surface area (Å²) in [7, 11) is -0.423. The highest BCUT2D eigenvalue weighted by molar-refractivity contribution is 9.10. The summed E-state index contributed by atoms with van der Waals surface area (Å²) in [5.41, 5.74) is 0. The molecule has 0 spiro atoms. The summed E-state index contributed by atoms with van der Waals surface area (Å²) < 4.78 is 27.0. The molecular weight excluding hydrogens is 316 g/mol. The summed E-state index contributed by atoms with van der Waals surface area (Å²) in [5.74, 6) is 0.749. The first kappa shape index (κ1) is 13.9. The van der Waals surface area contributed by atoms with Gasteiger partial charge in [-0.3, -0.25) is 0 Å². The van der Waals surface area contributed by atoms with E-state index in [0.717, 1.165) is 5.75 Å². The van der Waals surface area contributed by atoms with Crippen LogP contribution in [0.15, 0.2) is 9.63 Å². The van der Waals surface area contributed by atoms with Crippen LogP contribution in [0.25, 0.3) is 0 Å². The van der Waals surface area contributed by atoms with Gasteiger partial charge in [-0.2, -0.15) is 16.1 Å². The maximum atomic E-state index is 12.1. The van der Waals surface area contributed by atoms with Gasteiger partial charge in [-0.1, -0.05) is 5.21 Å². The van der Waals surface area contributed by atoms with Crippen molar-refractivity contribution in [1.82, 2.24) is 19.3 Å². The smallest absolute Gasteiger partial charge is 0.235 e. The molecule has 0 bridgehead atoms. The van der Waals surface area contributed by atoms with Gasteiger partial charge in [0.05, 0.1) is 0 Å².